The van der Waals surface area contributed by atoms with Crippen LogP contribution in [-0.2, 0) is 16.0 Å². The second-order valence-corrected chi connectivity index (χ2v) is 8.81. The van der Waals surface area contributed by atoms with Crippen LogP contribution in [0.15, 0.2) is 29.1 Å². The molecule has 2 aliphatic rings. The molecule has 3 atom stereocenters. The summed E-state index contributed by atoms with van der Waals surface area (Å²) in [6.45, 7) is 7.94. The SMILES string of the molecule is CCc1ccccc1NC(=O)[C@@H]1CC(=O)Nc2nc(N3C[C@@H](C)C[C@H](C)C3)[nH]c(=O)c21. The van der Waals surface area contributed by atoms with Gasteiger partial charge in [0.05, 0.1) is 11.5 Å². The van der Waals surface area contributed by atoms with Crippen molar-refractivity contribution < 1.29 is 9.59 Å². The number of aromatic amines is 1. The maximum atomic E-state index is 13.1. The van der Waals surface area contributed by atoms with Gasteiger partial charge in [-0.2, -0.15) is 4.98 Å². The van der Waals surface area contributed by atoms with Gasteiger partial charge in [-0.3, -0.25) is 19.4 Å². The van der Waals surface area contributed by atoms with Gasteiger partial charge in [-0.15, -0.1) is 0 Å². The molecule has 8 heteroatoms. The van der Waals surface area contributed by atoms with Gasteiger partial charge in [0.2, 0.25) is 17.8 Å². The third kappa shape index (κ3) is 4.33. The lowest BCUT2D eigenvalue weighted by Crippen LogP contribution is -2.42. The van der Waals surface area contributed by atoms with Gasteiger partial charge in [-0.1, -0.05) is 39.0 Å². The van der Waals surface area contributed by atoms with Crippen molar-refractivity contribution in [2.24, 2.45) is 11.8 Å². The van der Waals surface area contributed by atoms with E-state index in [-0.39, 0.29) is 35.2 Å². The van der Waals surface area contributed by atoms with Gasteiger partial charge in [-0.25, -0.2) is 0 Å². The number of benzene rings is 1. The van der Waals surface area contributed by atoms with Gasteiger partial charge >= 0.3 is 0 Å². The quantitative estimate of drug-likeness (QED) is 0.701. The van der Waals surface area contributed by atoms with E-state index in [4.69, 9.17) is 0 Å². The first-order valence-electron chi connectivity index (χ1n) is 10.9. The van der Waals surface area contributed by atoms with E-state index in [1.807, 2.05) is 36.1 Å². The van der Waals surface area contributed by atoms with Crippen molar-refractivity contribution in [3.8, 4) is 0 Å². The molecule has 0 radical (unpaired) electrons. The van der Waals surface area contributed by atoms with Crippen molar-refractivity contribution in [2.45, 2.75) is 46.0 Å². The molecule has 2 aliphatic heterocycles. The second kappa shape index (κ2) is 8.53. The summed E-state index contributed by atoms with van der Waals surface area (Å²) in [4.78, 5) is 47.9. The number of hydrogen-bond donors (Lipinski definition) is 3. The number of anilines is 3. The summed E-state index contributed by atoms with van der Waals surface area (Å²) in [6.07, 6.45) is 1.80. The number of fused-ring (bicyclic) bond motifs is 1. The monoisotopic (exact) mass is 423 g/mol. The lowest BCUT2D eigenvalue weighted by atomic mass is 9.91. The fourth-order valence-electron chi connectivity index (χ4n) is 4.74. The van der Waals surface area contributed by atoms with E-state index in [1.165, 1.54) is 0 Å². The van der Waals surface area contributed by atoms with Gasteiger partial charge in [0, 0.05) is 25.2 Å². The number of nitrogens with one attached hydrogen (secondary N) is 3. The van der Waals surface area contributed by atoms with Crippen LogP contribution in [0.25, 0.3) is 0 Å². The first-order chi connectivity index (χ1) is 14.9. The molecule has 2 aromatic rings. The third-order valence-corrected chi connectivity index (χ3v) is 6.08. The molecule has 3 N–H and O–H groups in total. The van der Waals surface area contributed by atoms with Crippen molar-refractivity contribution in [1.29, 1.82) is 0 Å². The Labute approximate surface area is 181 Å². The summed E-state index contributed by atoms with van der Waals surface area (Å²) in [7, 11) is 0. The highest BCUT2D eigenvalue weighted by atomic mass is 16.2. The summed E-state index contributed by atoms with van der Waals surface area (Å²) < 4.78 is 0. The van der Waals surface area contributed by atoms with Crippen LogP contribution in [0.4, 0.5) is 17.5 Å². The number of H-pyrrole nitrogens is 1. The zero-order valence-corrected chi connectivity index (χ0v) is 18.2. The molecule has 0 saturated carbocycles. The van der Waals surface area contributed by atoms with E-state index in [9.17, 15) is 14.4 Å². The molecule has 3 heterocycles. The minimum absolute atomic E-state index is 0.0883. The van der Waals surface area contributed by atoms with Crippen molar-refractivity contribution in [1.82, 2.24) is 9.97 Å². The van der Waals surface area contributed by atoms with Crippen molar-refractivity contribution >= 4 is 29.3 Å². The van der Waals surface area contributed by atoms with Gasteiger partial charge in [0.1, 0.15) is 5.82 Å². The zero-order valence-electron chi connectivity index (χ0n) is 18.2. The largest absolute Gasteiger partial charge is 0.342 e. The van der Waals surface area contributed by atoms with Crippen LogP contribution >= 0.6 is 0 Å². The lowest BCUT2D eigenvalue weighted by molar-refractivity contribution is -0.123. The highest BCUT2D eigenvalue weighted by Crippen LogP contribution is 2.32. The van der Waals surface area contributed by atoms with E-state index in [0.29, 0.717) is 23.5 Å². The Morgan fingerprint density at radius 1 is 1.19 bits per heavy atom. The average molecular weight is 424 g/mol. The van der Waals surface area contributed by atoms with Gasteiger partial charge in [0.25, 0.3) is 5.56 Å². The molecular formula is C23H29N5O3. The fourth-order valence-corrected chi connectivity index (χ4v) is 4.74. The molecule has 0 aliphatic carbocycles. The average Bonchev–Trinajstić information content (AvgIpc) is 2.72. The molecule has 0 spiro atoms. The number of carbonyl (C=O) groups is 2. The lowest BCUT2D eigenvalue weighted by Gasteiger charge is -2.35. The van der Waals surface area contributed by atoms with Gasteiger partial charge < -0.3 is 15.5 Å². The Hall–Kier alpha value is -3.16. The smallest absolute Gasteiger partial charge is 0.258 e. The van der Waals surface area contributed by atoms with Crippen LogP contribution in [0.2, 0.25) is 0 Å². The predicted molar refractivity (Wildman–Crippen MR) is 120 cm³/mol. The number of aromatic nitrogens is 2. The van der Waals surface area contributed by atoms with E-state index < -0.39 is 5.92 Å². The standard InChI is InChI=1S/C23H29N5O3/c1-4-15-7-5-6-8-17(15)24-21(30)16-10-18(29)25-20-19(16)22(31)27-23(26-20)28-11-13(2)9-14(3)12-28/h5-8,13-14,16H,4,9-12H2,1-3H3,(H,24,30)(H2,25,26,27,29,31)/t13-,14-,16+/m0/s1. The Bertz CT molecular complexity index is 1050. The minimum Gasteiger partial charge on any atom is -0.342 e. The van der Waals surface area contributed by atoms with Gasteiger partial charge in [-0.05, 0) is 36.3 Å². The number of aryl methyl sites for hydroxylation is 1. The molecule has 1 aromatic carbocycles. The molecule has 4 rings (SSSR count). The van der Waals surface area contributed by atoms with Crippen LogP contribution in [0.3, 0.4) is 0 Å². The Balaban J connectivity index is 1.65. The highest BCUT2D eigenvalue weighted by Gasteiger charge is 2.35. The molecule has 8 nitrogen and oxygen atoms in total. The van der Waals surface area contributed by atoms with Crippen LogP contribution in [0, 0.1) is 11.8 Å². The van der Waals surface area contributed by atoms with Crippen LogP contribution in [-0.4, -0.2) is 34.9 Å². The number of hydrogen-bond acceptors (Lipinski definition) is 5. The molecule has 1 saturated heterocycles. The summed E-state index contributed by atoms with van der Waals surface area (Å²) in [5.41, 5.74) is 1.52. The maximum Gasteiger partial charge on any atom is 0.258 e. The van der Waals surface area contributed by atoms with Crippen LogP contribution in [0.5, 0.6) is 0 Å². The number of nitrogens with zero attached hydrogens (tertiary/aromatic N) is 2. The molecule has 1 aromatic heterocycles. The normalized spacial score (nSPS) is 23.1. The van der Waals surface area contributed by atoms with Crippen LogP contribution in [0.1, 0.15) is 50.7 Å². The summed E-state index contributed by atoms with van der Waals surface area (Å²) >= 11 is 0. The molecule has 0 unspecified atom stereocenters. The Kier molecular flexibility index (Phi) is 5.80. The van der Waals surface area contributed by atoms with Crippen LogP contribution < -0.4 is 21.1 Å². The van der Waals surface area contributed by atoms with Gasteiger partial charge in [0.15, 0.2) is 0 Å². The molecular weight excluding hydrogens is 394 g/mol. The topological polar surface area (TPSA) is 107 Å². The minimum atomic E-state index is -0.891. The number of para-hydroxylation sites is 1. The summed E-state index contributed by atoms with van der Waals surface area (Å²) in [6, 6.07) is 7.52. The molecule has 1 fully saturated rings. The molecule has 164 valence electrons. The second-order valence-electron chi connectivity index (χ2n) is 8.81. The highest BCUT2D eigenvalue weighted by molar-refractivity contribution is 6.04. The molecule has 2 amide bonds. The van der Waals surface area contributed by atoms with E-state index in [2.05, 4.69) is 34.4 Å². The number of piperidine rings is 1. The summed E-state index contributed by atoms with van der Waals surface area (Å²) in [5, 5.41) is 5.60. The van der Waals surface area contributed by atoms with E-state index in [0.717, 1.165) is 31.5 Å². The third-order valence-electron chi connectivity index (χ3n) is 6.08. The molecule has 0 bridgehead atoms. The molecule has 31 heavy (non-hydrogen) atoms. The fraction of sp³-hybridized carbons (Fsp3) is 0.478. The van der Waals surface area contributed by atoms with Crippen molar-refractivity contribution in [2.75, 3.05) is 28.6 Å². The number of rotatable bonds is 4. The van der Waals surface area contributed by atoms with E-state index >= 15 is 0 Å². The first kappa shape index (κ1) is 21.1. The number of amides is 2. The Morgan fingerprint density at radius 2 is 1.90 bits per heavy atom. The summed E-state index contributed by atoms with van der Waals surface area (Å²) in [5.74, 6) is 0.00889. The van der Waals surface area contributed by atoms with Crippen molar-refractivity contribution in [3.63, 3.8) is 0 Å². The number of carbonyl (C=O) groups excluding carboxylic acids is 2. The Morgan fingerprint density at radius 3 is 2.61 bits per heavy atom. The van der Waals surface area contributed by atoms with E-state index in [1.54, 1.807) is 0 Å². The van der Waals surface area contributed by atoms with Crippen molar-refractivity contribution in [3.05, 3.63) is 45.7 Å². The maximum absolute atomic E-state index is 13.1. The zero-order chi connectivity index (χ0) is 22.1. The first-order valence-corrected chi connectivity index (χ1v) is 10.9. The predicted octanol–water partition coefficient (Wildman–Crippen LogP) is 2.88.